The Morgan fingerprint density at radius 1 is 1.36 bits per heavy atom. The number of rotatable bonds is 1. The molecule has 1 atom stereocenters. The van der Waals surface area contributed by atoms with Crippen LogP contribution in [0.25, 0.3) is 0 Å². The van der Waals surface area contributed by atoms with Crippen molar-refractivity contribution in [2.45, 2.75) is 18.9 Å². The van der Waals surface area contributed by atoms with Crippen molar-refractivity contribution in [3.63, 3.8) is 0 Å². The van der Waals surface area contributed by atoms with Crippen LogP contribution in [0.2, 0.25) is 0 Å². The van der Waals surface area contributed by atoms with Gasteiger partial charge in [0.05, 0.1) is 14.2 Å². The van der Waals surface area contributed by atoms with Gasteiger partial charge in [-0.05, 0) is 6.42 Å². The first kappa shape index (κ1) is 10.5. The highest BCUT2D eigenvalue weighted by molar-refractivity contribution is 5.99. The van der Waals surface area contributed by atoms with E-state index in [1.54, 1.807) is 0 Å². The first-order valence-electron chi connectivity index (χ1n) is 4.09. The Morgan fingerprint density at radius 2 is 2.00 bits per heavy atom. The van der Waals surface area contributed by atoms with Gasteiger partial charge in [0, 0.05) is 6.42 Å². The van der Waals surface area contributed by atoms with Crippen LogP contribution in [-0.4, -0.2) is 43.1 Å². The third-order valence-electron chi connectivity index (χ3n) is 2.06. The van der Waals surface area contributed by atoms with Crippen LogP contribution < -0.4 is 0 Å². The van der Waals surface area contributed by atoms with E-state index in [0.29, 0.717) is 6.42 Å². The summed E-state index contributed by atoms with van der Waals surface area (Å²) in [5.74, 6) is -1.01. The zero-order chi connectivity index (χ0) is 10.7. The molecule has 78 valence electrons. The van der Waals surface area contributed by atoms with E-state index in [1.165, 1.54) is 7.11 Å². The minimum absolute atomic E-state index is 0.162. The number of carbonyl (C=O) groups is 3. The number of nitrogens with zero attached hydrogens (tertiary/aromatic N) is 1. The number of hydrogen-bond acceptors (Lipinski definition) is 5. The van der Waals surface area contributed by atoms with E-state index in [-0.39, 0.29) is 6.42 Å². The largest absolute Gasteiger partial charge is 0.467 e. The second-order valence-electron chi connectivity index (χ2n) is 2.81. The molecular weight excluding hydrogens is 190 g/mol. The van der Waals surface area contributed by atoms with Gasteiger partial charge in [-0.15, -0.1) is 0 Å². The summed E-state index contributed by atoms with van der Waals surface area (Å²) in [6.45, 7) is 0. The molecule has 0 radical (unpaired) electrons. The predicted molar refractivity (Wildman–Crippen MR) is 44.3 cm³/mol. The highest BCUT2D eigenvalue weighted by Crippen LogP contribution is 2.20. The summed E-state index contributed by atoms with van der Waals surface area (Å²) < 4.78 is 8.85. The maximum Gasteiger partial charge on any atom is 0.417 e. The lowest BCUT2D eigenvalue weighted by molar-refractivity contribution is -0.148. The number of methoxy groups -OCH3 is 2. The molecule has 1 heterocycles. The molecule has 1 aliphatic rings. The Kier molecular flexibility index (Phi) is 3.06. The molecule has 0 aromatic heterocycles. The Hall–Kier alpha value is -1.59. The van der Waals surface area contributed by atoms with Gasteiger partial charge < -0.3 is 9.47 Å². The van der Waals surface area contributed by atoms with Crippen molar-refractivity contribution in [1.29, 1.82) is 0 Å². The molecule has 1 saturated heterocycles. The summed E-state index contributed by atoms with van der Waals surface area (Å²) in [5.41, 5.74) is 0. The highest BCUT2D eigenvalue weighted by atomic mass is 16.5. The third-order valence-corrected chi connectivity index (χ3v) is 2.06. The zero-order valence-corrected chi connectivity index (χ0v) is 7.98. The minimum atomic E-state index is -0.833. The molecule has 14 heavy (non-hydrogen) atoms. The van der Waals surface area contributed by atoms with Crippen LogP contribution in [0.15, 0.2) is 0 Å². The first-order chi connectivity index (χ1) is 6.61. The lowest BCUT2D eigenvalue weighted by Crippen LogP contribution is -2.43. The molecule has 2 amide bonds. The fourth-order valence-corrected chi connectivity index (χ4v) is 1.37. The number of esters is 1. The predicted octanol–water partition coefficient (Wildman–Crippen LogP) is -0.0832. The fourth-order valence-electron chi connectivity index (χ4n) is 1.37. The van der Waals surface area contributed by atoms with Crippen molar-refractivity contribution in [3.05, 3.63) is 0 Å². The van der Waals surface area contributed by atoms with Gasteiger partial charge in [-0.2, -0.15) is 0 Å². The van der Waals surface area contributed by atoms with Crippen LogP contribution in [0, 0.1) is 0 Å². The summed E-state index contributed by atoms with van der Waals surface area (Å²) in [4.78, 5) is 34.3. The first-order valence-corrected chi connectivity index (χ1v) is 4.09. The SMILES string of the molecule is COC(=O)[C@@H]1CCC(=O)N1C(=O)OC. The third kappa shape index (κ3) is 1.68. The van der Waals surface area contributed by atoms with Gasteiger partial charge in [0.15, 0.2) is 0 Å². The number of imide groups is 1. The van der Waals surface area contributed by atoms with E-state index in [1.807, 2.05) is 0 Å². The van der Waals surface area contributed by atoms with Crippen molar-refractivity contribution in [3.8, 4) is 0 Å². The van der Waals surface area contributed by atoms with Gasteiger partial charge in [-0.3, -0.25) is 4.79 Å². The average molecular weight is 201 g/mol. The summed E-state index contributed by atoms with van der Waals surface area (Å²) in [7, 11) is 2.36. The van der Waals surface area contributed by atoms with Gasteiger partial charge in [0.1, 0.15) is 6.04 Å². The highest BCUT2D eigenvalue weighted by Gasteiger charge is 2.41. The summed E-state index contributed by atoms with van der Waals surface area (Å²) >= 11 is 0. The fraction of sp³-hybridized carbons (Fsp3) is 0.625. The number of amides is 2. The maximum absolute atomic E-state index is 11.2. The number of ether oxygens (including phenoxy) is 2. The van der Waals surface area contributed by atoms with E-state index < -0.39 is 24.0 Å². The molecule has 0 aliphatic carbocycles. The van der Waals surface area contributed by atoms with Crippen LogP contribution >= 0.6 is 0 Å². The minimum Gasteiger partial charge on any atom is -0.467 e. The van der Waals surface area contributed by atoms with Crippen molar-refractivity contribution >= 4 is 18.0 Å². The monoisotopic (exact) mass is 201 g/mol. The van der Waals surface area contributed by atoms with Crippen LogP contribution in [0.1, 0.15) is 12.8 Å². The zero-order valence-electron chi connectivity index (χ0n) is 7.98. The molecule has 0 unspecified atom stereocenters. The molecule has 6 nitrogen and oxygen atoms in total. The summed E-state index contributed by atoms with van der Waals surface area (Å²) in [6.07, 6.45) is -0.363. The topological polar surface area (TPSA) is 72.9 Å². The lowest BCUT2D eigenvalue weighted by Gasteiger charge is -2.18. The summed E-state index contributed by atoms with van der Waals surface area (Å²) in [6, 6.07) is -0.833. The van der Waals surface area contributed by atoms with Gasteiger partial charge in [-0.1, -0.05) is 0 Å². The molecule has 6 heteroatoms. The molecule has 0 bridgehead atoms. The maximum atomic E-state index is 11.2. The van der Waals surface area contributed by atoms with Crippen LogP contribution in [0.3, 0.4) is 0 Å². The molecule has 0 N–H and O–H groups in total. The molecular formula is C8H11NO5. The van der Waals surface area contributed by atoms with E-state index in [2.05, 4.69) is 9.47 Å². The smallest absolute Gasteiger partial charge is 0.417 e. The molecule has 0 spiro atoms. The van der Waals surface area contributed by atoms with E-state index in [0.717, 1.165) is 12.0 Å². The second-order valence-corrected chi connectivity index (χ2v) is 2.81. The molecule has 1 aliphatic heterocycles. The van der Waals surface area contributed by atoms with Crippen molar-refractivity contribution in [1.82, 2.24) is 4.90 Å². The Morgan fingerprint density at radius 3 is 2.50 bits per heavy atom. The van der Waals surface area contributed by atoms with E-state index >= 15 is 0 Å². The normalized spacial score (nSPS) is 20.9. The number of carbonyl (C=O) groups excluding carboxylic acids is 3. The average Bonchev–Trinajstić information content (AvgIpc) is 2.58. The van der Waals surface area contributed by atoms with Gasteiger partial charge in [0.2, 0.25) is 5.91 Å². The van der Waals surface area contributed by atoms with E-state index in [4.69, 9.17) is 0 Å². The molecule has 1 rings (SSSR count). The van der Waals surface area contributed by atoms with Crippen LogP contribution in [-0.2, 0) is 19.1 Å². The number of hydrogen-bond donors (Lipinski definition) is 0. The Bertz CT molecular complexity index is 275. The van der Waals surface area contributed by atoms with Crippen molar-refractivity contribution in [2.75, 3.05) is 14.2 Å². The standard InChI is InChI=1S/C8H11NO5/c1-13-7(11)5-3-4-6(10)9(5)8(12)14-2/h5H,3-4H2,1-2H3/t5-/m0/s1. The molecule has 1 fully saturated rings. The lowest BCUT2D eigenvalue weighted by atomic mass is 10.2. The van der Waals surface area contributed by atoms with Gasteiger partial charge in [-0.25, -0.2) is 14.5 Å². The molecule has 0 aromatic rings. The second kappa shape index (κ2) is 4.08. The quantitative estimate of drug-likeness (QED) is 0.554. The molecule has 0 saturated carbocycles. The van der Waals surface area contributed by atoms with Gasteiger partial charge >= 0.3 is 12.1 Å². The Labute approximate surface area is 80.8 Å². The van der Waals surface area contributed by atoms with Crippen molar-refractivity contribution < 1.29 is 23.9 Å². The Balaban J connectivity index is 2.81. The van der Waals surface area contributed by atoms with Crippen molar-refractivity contribution in [2.24, 2.45) is 0 Å². The summed E-state index contributed by atoms with van der Waals surface area (Å²) in [5, 5.41) is 0. The van der Waals surface area contributed by atoms with Crippen LogP contribution in [0.4, 0.5) is 4.79 Å². The number of likely N-dealkylation sites (tertiary alicyclic amines) is 1. The van der Waals surface area contributed by atoms with Crippen LogP contribution in [0.5, 0.6) is 0 Å². The molecule has 0 aromatic carbocycles. The van der Waals surface area contributed by atoms with E-state index in [9.17, 15) is 14.4 Å². The van der Waals surface area contributed by atoms with Gasteiger partial charge in [0.25, 0.3) is 0 Å².